The van der Waals surface area contributed by atoms with E-state index in [0.717, 1.165) is 30.2 Å². The van der Waals surface area contributed by atoms with E-state index in [9.17, 15) is 0 Å². The van der Waals surface area contributed by atoms with Gasteiger partial charge in [0.15, 0.2) is 5.82 Å². The third kappa shape index (κ3) is 2.77. The van der Waals surface area contributed by atoms with Gasteiger partial charge in [-0.05, 0) is 33.4 Å². The second-order valence-corrected chi connectivity index (χ2v) is 4.14. The summed E-state index contributed by atoms with van der Waals surface area (Å²) in [6.45, 7) is 6.83. The number of rotatable bonds is 5. The lowest BCUT2D eigenvalue weighted by molar-refractivity contribution is -0.00929. The first kappa shape index (κ1) is 13.1. The van der Waals surface area contributed by atoms with Crippen molar-refractivity contribution < 1.29 is 4.74 Å². The van der Waals surface area contributed by atoms with Crippen molar-refractivity contribution in [3.63, 3.8) is 0 Å². The number of nitrogens with one attached hydrogen (secondary N) is 1. The van der Waals surface area contributed by atoms with Gasteiger partial charge in [-0.15, -0.1) is 0 Å². The summed E-state index contributed by atoms with van der Waals surface area (Å²) in [6, 6.07) is 1.99. The van der Waals surface area contributed by atoms with Crippen molar-refractivity contribution >= 4 is 0 Å². The predicted octanol–water partition coefficient (Wildman–Crippen LogP) is 1.78. The van der Waals surface area contributed by atoms with Crippen LogP contribution in [0.4, 0.5) is 0 Å². The lowest BCUT2D eigenvalue weighted by Crippen LogP contribution is -2.27. The normalized spacial score (nSPS) is 14.8. The van der Waals surface area contributed by atoms with Crippen LogP contribution < -0.4 is 5.32 Å². The zero-order valence-electron chi connectivity index (χ0n) is 10.8. The van der Waals surface area contributed by atoms with Crippen molar-refractivity contribution in [2.45, 2.75) is 39.3 Å². The Kier molecular flexibility index (Phi) is 4.38. The molecule has 0 spiro atoms. The van der Waals surface area contributed by atoms with E-state index in [1.807, 2.05) is 27.0 Å². The zero-order valence-corrected chi connectivity index (χ0v) is 10.8. The molecule has 0 radical (unpaired) electrons. The summed E-state index contributed by atoms with van der Waals surface area (Å²) >= 11 is 0. The van der Waals surface area contributed by atoms with Gasteiger partial charge in [-0.2, -0.15) is 0 Å². The maximum atomic E-state index is 5.52. The maximum absolute atomic E-state index is 5.52. The Labute approximate surface area is 97.5 Å². The Morgan fingerprint density at radius 3 is 2.62 bits per heavy atom. The van der Waals surface area contributed by atoms with Gasteiger partial charge in [0.2, 0.25) is 0 Å². The van der Waals surface area contributed by atoms with E-state index >= 15 is 0 Å². The Balaban J connectivity index is 3.12. The molecule has 0 aromatic carbocycles. The molecule has 1 heterocycles. The highest BCUT2D eigenvalue weighted by atomic mass is 16.5. The molecule has 4 nitrogen and oxygen atoms in total. The fourth-order valence-electron chi connectivity index (χ4n) is 1.54. The SMILES string of the molecule is CCC(C)(OC)c1nc(C)cc(CNC)n1. The lowest BCUT2D eigenvalue weighted by atomic mass is 10.0. The number of hydrogen-bond donors (Lipinski definition) is 1. The number of aromatic nitrogens is 2. The molecular weight excluding hydrogens is 202 g/mol. The van der Waals surface area contributed by atoms with Gasteiger partial charge in [0.25, 0.3) is 0 Å². The van der Waals surface area contributed by atoms with E-state index in [-0.39, 0.29) is 0 Å². The van der Waals surface area contributed by atoms with E-state index in [0.29, 0.717) is 0 Å². The van der Waals surface area contributed by atoms with E-state index < -0.39 is 5.60 Å². The average Bonchev–Trinajstić information content (AvgIpc) is 2.27. The average molecular weight is 223 g/mol. The van der Waals surface area contributed by atoms with Crippen LogP contribution in [0.25, 0.3) is 0 Å². The van der Waals surface area contributed by atoms with Gasteiger partial charge < -0.3 is 10.1 Å². The summed E-state index contributed by atoms with van der Waals surface area (Å²) in [5, 5.41) is 3.09. The molecule has 0 saturated carbocycles. The monoisotopic (exact) mass is 223 g/mol. The zero-order chi connectivity index (χ0) is 12.2. The predicted molar refractivity (Wildman–Crippen MR) is 64.2 cm³/mol. The first-order chi connectivity index (χ1) is 7.55. The molecule has 1 unspecified atom stereocenters. The molecule has 0 aliphatic rings. The van der Waals surface area contributed by atoms with Crippen molar-refractivity contribution in [1.29, 1.82) is 0 Å². The maximum Gasteiger partial charge on any atom is 0.160 e. The molecular formula is C12H21N3O. The number of aryl methyl sites for hydroxylation is 1. The molecule has 1 aromatic heterocycles. The van der Waals surface area contributed by atoms with Gasteiger partial charge in [0.1, 0.15) is 5.60 Å². The molecule has 0 fully saturated rings. The van der Waals surface area contributed by atoms with E-state index in [2.05, 4.69) is 22.2 Å². The van der Waals surface area contributed by atoms with E-state index in [1.165, 1.54) is 0 Å². The summed E-state index contributed by atoms with van der Waals surface area (Å²) < 4.78 is 5.52. The summed E-state index contributed by atoms with van der Waals surface area (Å²) in [5.41, 5.74) is 1.59. The van der Waals surface area contributed by atoms with Crippen LogP contribution in [-0.2, 0) is 16.9 Å². The van der Waals surface area contributed by atoms with E-state index in [1.54, 1.807) is 7.11 Å². The van der Waals surface area contributed by atoms with Crippen LogP contribution in [0.1, 0.15) is 37.5 Å². The Morgan fingerprint density at radius 2 is 2.12 bits per heavy atom. The molecule has 0 amide bonds. The van der Waals surface area contributed by atoms with Crippen molar-refractivity contribution in [3.05, 3.63) is 23.3 Å². The minimum absolute atomic E-state index is 0.394. The van der Waals surface area contributed by atoms with Crippen LogP contribution in [0.3, 0.4) is 0 Å². The van der Waals surface area contributed by atoms with Gasteiger partial charge in [-0.1, -0.05) is 6.92 Å². The number of hydrogen-bond acceptors (Lipinski definition) is 4. The van der Waals surface area contributed by atoms with Gasteiger partial charge in [0, 0.05) is 19.3 Å². The van der Waals surface area contributed by atoms with Gasteiger partial charge >= 0.3 is 0 Å². The highest BCUT2D eigenvalue weighted by Gasteiger charge is 2.27. The Bertz CT molecular complexity index is 348. The summed E-state index contributed by atoms with van der Waals surface area (Å²) in [6.07, 6.45) is 0.853. The van der Waals surface area contributed by atoms with Crippen LogP contribution in [0.15, 0.2) is 6.07 Å². The smallest absolute Gasteiger partial charge is 0.160 e. The minimum atomic E-state index is -0.394. The minimum Gasteiger partial charge on any atom is -0.371 e. The molecule has 0 aliphatic heterocycles. The third-order valence-corrected chi connectivity index (χ3v) is 2.86. The summed E-state index contributed by atoms with van der Waals surface area (Å²) in [4.78, 5) is 9.00. The highest BCUT2D eigenvalue weighted by molar-refractivity contribution is 5.13. The fraction of sp³-hybridized carbons (Fsp3) is 0.667. The lowest BCUT2D eigenvalue weighted by Gasteiger charge is -2.25. The number of ether oxygens (including phenoxy) is 1. The molecule has 1 atom stereocenters. The topological polar surface area (TPSA) is 47.0 Å². The van der Waals surface area contributed by atoms with Crippen molar-refractivity contribution in [2.24, 2.45) is 0 Å². The second kappa shape index (κ2) is 5.37. The summed E-state index contributed by atoms with van der Waals surface area (Å²) in [5.74, 6) is 0.766. The van der Waals surface area contributed by atoms with Crippen LogP contribution in [0.2, 0.25) is 0 Å². The molecule has 0 saturated heterocycles. The van der Waals surface area contributed by atoms with Crippen LogP contribution in [0.5, 0.6) is 0 Å². The largest absolute Gasteiger partial charge is 0.371 e. The molecule has 90 valence electrons. The van der Waals surface area contributed by atoms with Crippen LogP contribution >= 0.6 is 0 Å². The van der Waals surface area contributed by atoms with Crippen LogP contribution in [0, 0.1) is 6.92 Å². The highest BCUT2D eigenvalue weighted by Crippen LogP contribution is 2.25. The van der Waals surface area contributed by atoms with Crippen molar-refractivity contribution in [2.75, 3.05) is 14.2 Å². The van der Waals surface area contributed by atoms with Gasteiger partial charge in [-0.25, -0.2) is 9.97 Å². The first-order valence-electron chi connectivity index (χ1n) is 5.60. The van der Waals surface area contributed by atoms with E-state index in [4.69, 9.17) is 4.74 Å². The van der Waals surface area contributed by atoms with Crippen molar-refractivity contribution in [1.82, 2.24) is 15.3 Å². The van der Waals surface area contributed by atoms with Crippen LogP contribution in [-0.4, -0.2) is 24.1 Å². The fourth-order valence-corrected chi connectivity index (χ4v) is 1.54. The molecule has 1 rings (SSSR count). The molecule has 1 aromatic rings. The van der Waals surface area contributed by atoms with Gasteiger partial charge in [-0.3, -0.25) is 0 Å². The quantitative estimate of drug-likeness (QED) is 0.826. The first-order valence-corrected chi connectivity index (χ1v) is 5.60. The number of nitrogens with zero attached hydrogens (tertiary/aromatic N) is 2. The molecule has 4 heteroatoms. The molecule has 0 bridgehead atoms. The molecule has 16 heavy (non-hydrogen) atoms. The Hall–Kier alpha value is -1.00. The standard InChI is InChI=1S/C12H21N3O/c1-6-12(3,16-5)11-14-9(2)7-10(15-11)8-13-4/h7,13H,6,8H2,1-5H3. The molecule has 0 aliphatic carbocycles. The van der Waals surface area contributed by atoms with Crippen molar-refractivity contribution in [3.8, 4) is 0 Å². The summed E-state index contributed by atoms with van der Waals surface area (Å²) in [7, 11) is 3.61. The third-order valence-electron chi connectivity index (χ3n) is 2.86. The Morgan fingerprint density at radius 1 is 1.44 bits per heavy atom. The van der Waals surface area contributed by atoms with Gasteiger partial charge in [0.05, 0.1) is 5.69 Å². The molecule has 1 N–H and O–H groups in total. The second-order valence-electron chi connectivity index (χ2n) is 4.14. The number of methoxy groups -OCH3 is 1.